The Morgan fingerprint density at radius 3 is 2.48 bits per heavy atom. The van der Waals surface area contributed by atoms with Crippen molar-refractivity contribution in [3.05, 3.63) is 114 Å². The van der Waals surface area contributed by atoms with Crippen LogP contribution in [-0.2, 0) is 16.1 Å². The molecule has 40 heavy (non-hydrogen) atoms. The Hall–Kier alpha value is -4.85. The Bertz CT molecular complexity index is 1500. The third kappa shape index (κ3) is 5.91. The number of Topliss-reactive ketones (excluding diaryl/α,β-unsaturated/α-hetero) is 1. The largest absolute Gasteiger partial charge is 0.507 e. The van der Waals surface area contributed by atoms with E-state index in [9.17, 15) is 14.7 Å². The number of imidazole rings is 1. The van der Waals surface area contributed by atoms with E-state index >= 15 is 0 Å². The highest BCUT2D eigenvalue weighted by Crippen LogP contribution is 2.41. The molecule has 2 heterocycles. The number of amides is 1. The molecule has 0 bridgehead atoms. The Labute approximate surface area is 233 Å². The molecule has 1 aliphatic rings. The summed E-state index contributed by atoms with van der Waals surface area (Å²) in [7, 11) is 0. The summed E-state index contributed by atoms with van der Waals surface area (Å²) in [6.45, 7) is 3.48. The first-order valence-corrected chi connectivity index (χ1v) is 13.4. The van der Waals surface area contributed by atoms with Crippen molar-refractivity contribution in [2.45, 2.75) is 32.4 Å². The fraction of sp³-hybridized carbons (Fsp3) is 0.219. The van der Waals surface area contributed by atoms with E-state index in [4.69, 9.17) is 9.47 Å². The molecule has 1 aliphatic heterocycles. The molecule has 0 saturated carbocycles. The van der Waals surface area contributed by atoms with E-state index < -0.39 is 17.7 Å². The lowest BCUT2D eigenvalue weighted by molar-refractivity contribution is -0.139. The zero-order valence-corrected chi connectivity index (χ0v) is 22.3. The molecule has 1 atom stereocenters. The monoisotopic (exact) mass is 537 g/mol. The van der Waals surface area contributed by atoms with Crippen LogP contribution in [0, 0.1) is 0 Å². The van der Waals surface area contributed by atoms with E-state index in [0.29, 0.717) is 54.5 Å². The second kappa shape index (κ2) is 12.3. The highest BCUT2D eigenvalue weighted by Gasteiger charge is 2.46. The van der Waals surface area contributed by atoms with Crippen LogP contribution in [-0.4, -0.2) is 44.4 Å². The maximum absolute atomic E-state index is 13.5. The molecule has 0 aliphatic carbocycles. The highest BCUT2D eigenvalue weighted by atomic mass is 16.5. The average Bonchev–Trinajstić information content (AvgIpc) is 3.59. The molecular formula is C32H31N3O5. The second-order valence-corrected chi connectivity index (χ2v) is 9.51. The standard InChI is InChI=1S/C32H31N3O5/c1-2-19-39-26-13-7-10-24(21-26)30(36)28-29(23-9-6-14-27(20-23)40-25-11-4-3-5-12-25)35(32(38)31(28)37)17-8-16-34-18-15-33-22-34/h3-7,9-15,18,20-22,29,36H,2,8,16-17,19H2,1H3/b30-28+. The molecular weight excluding hydrogens is 506 g/mol. The SMILES string of the molecule is CCCOc1cccc(/C(O)=C2\C(=O)C(=O)N(CCCn3ccnc3)C2c2cccc(Oc3ccccc3)c2)c1. The molecule has 1 unspecified atom stereocenters. The maximum atomic E-state index is 13.5. The number of likely N-dealkylation sites (tertiary alicyclic amines) is 1. The predicted octanol–water partition coefficient (Wildman–Crippen LogP) is 5.98. The number of aryl methyl sites for hydroxylation is 1. The van der Waals surface area contributed by atoms with E-state index in [1.54, 1.807) is 42.9 Å². The Morgan fingerprint density at radius 1 is 0.925 bits per heavy atom. The Balaban J connectivity index is 1.53. The zero-order chi connectivity index (χ0) is 27.9. The summed E-state index contributed by atoms with van der Waals surface area (Å²) in [6, 6.07) is 22.8. The topological polar surface area (TPSA) is 93.9 Å². The lowest BCUT2D eigenvalue weighted by atomic mass is 9.95. The second-order valence-electron chi connectivity index (χ2n) is 9.51. The minimum atomic E-state index is -0.790. The Morgan fingerprint density at radius 2 is 1.70 bits per heavy atom. The van der Waals surface area contributed by atoms with Gasteiger partial charge in [-0.1, -0.05) is 49.4 Å². The van der Waals surface area contributed by atoms with Crippen molar-refractivity contribution in [2.75, 3.05) is 13.2 Å². The van der Waals surface area contributed by atoms with Gasteiger partial charge in [-0.05, 0) is 54.8 Å². The van der Waals surface area contributed by atoms with Gasteiger partial charge in [-0.2, -0.15) is 0 Å². The molecule has 0 spiro atoms. The summed E-state index contributed by atoms with van der Waals surface area (Å²) < 4.78 is 13.7. The number of aromatic nitrogens is 2. The van der Waals surface area contributed by atoms with Crippen molar-refractivity contribution >= 4 is 17.4 Å². The molecule has 1 N–H and O–H groups in total. The van der Waals surface area contributed by atoms with Gasteiger partial charge >= 0.3 is 0 Å². The van der Waals surface area contributed by atoms with E-state index in [-0.39, 0.29) is 11.3 Å². The van der Waals surface area contributed by atoms with Crippen molar-refractivity contribution in [1.29, 1.82) is 0 Å². The smallest absolute Gasteiger partial charge is 0.295 e. The van der Waals surface area contributed by atoms with Gasteiger partial charge in [-0.25, -0.2) is 4.98 Å². The summed E-state index contributed by atoms with van der Waals surface area (Å²) in [5, 5.41) is 11.5. The number of para-hydroxylation sites is 1. The number of benzene rings is 3. The summed E-state index contributed by atoms with van der Waals surface area (Å²) in [6.07, 6.45) is 6.69. The van der Waals surface area contributed by atoms with Crippen LogP contribution in [0.1, 0.15) is 36.9 Å². The quantitative estimate of drug-likeness (QED) is 0.144. The van der Waals surface area contributed by atoms with Gasteiger partial charge < -0.3 is 24.0 Å². The molecule has 3 aromatic carbocycles. The molecule has 5 rings (SSSR count). The minimum Gasteiger partial charge on any atom is -0.507 e. The number of rotatable bonds is 11. The van der Waals surface area contributed by atoms with Crippen molar-refractivity contribution in [3.8, 4) is 17.2 Å². The zero-order valence-electron chi connectivity index (χ0n) is 22.3. The Kier molecular flexibility index (Phi) is 8.25. The van der Waals surface area contributed by atoms with E-state index in [0.717, 1.165) is 6.42 Å². The number of ketones is 1. The highest BCUT2D eigenvalue weighted by molar-refractivity contribution is 6.46. The molecule has 0 radical (unpaired) electrons. The number of ether oxygens (including phenoxy) is 2. The number of hydrogen-bond donors (Lipinski definition) is 1. The van der Waals surface area contributed by atoms with Crippen molar-refractivity contribution < 1.29 is 24.2 Å². The number of carbonyl (C=O) groups is 2. The first-order chi connectivity index (χ1) is 19.5. The van der Waals surface area contributed by atoms with E-state index in [1.165, 1.54) is 4.90 Å². The fourth-order valence-corrected chi connectivity index (χ4v) is 4.78. The van der Waals surface area contributed by atoms with Crippen LogP contribution in [0.5, 0.6) is 17.2 Å². The number of nitrogens with zero attached hydrogens (tertiary/aromatic N) is 3. The first kappa shape index (κ1) is 26.7. The normalized spacial score (nSPS) is 16.3. The minimum absolute atomic E-state index is 0.0390. The molecule has 8 nitrogen and oxygen atoms in total. The molecule has 8 heteroatoms. The summed E-state index contributed by atoms with van der Waals surface area (Å²) in [4.78, 5) is 32.4. The van der Waals surface area contributed by atoms with Gasteiger partial charge in [0.2, 0.25) is 0 Å². The van der Waals surface area contributed by atoms with E-state index in [1.807, 2.05) is 66.2 Å². The van der Waals surface area contributed by atoms with Crippen LogP contribution in [0.25, 0.3) is 5.76 Å². The maximum Gasteiger partial charge on any atom is 0.295 e. The predicted molar refractivity (Wildman–Crippen MR) is 151 cm³/mol. The van der Waals surface area contributed by atoms with Gasteiger partial charge in [0, 0.05) is 31.0 Å². The van der Waals surface area contributed by atoms with Crippen LogP contribution in [0.15, 0.2) is 103 Å². The van der Waals surface area contributed by atoms with Gasteiger partial charge in [0.15, 0.2) is 0 Å². The lowest BCUT2D eigenvalue weighted by Crippen LogP contribution is -2.31. The number of aliphatic hydroxyl groups excluding tert-OH is 1. The van der Waals surface area contributed by atoms with Gasteiger partial charge in [0.1, 0.15) is 23.0 Å². The van der Waals surface area contributed by atoms with Crippen LogP contribution in [0.3, 0.4) is 0 Å². The van der Waals surface area contributed by atoms with Gasteiger partial charge in [-0.15, -0.1) is 0 Å². The van der Waals surface area contributed by atoms with Gasteiger partial charge in [-0.3, -0.25) is 9.59 Å². The van der Waals surface area contributed by atoms with Crippen molar-refractivity contribution in [1.82, 2.24) is 14.5 Å². The molecule has 1 amide bonds. The fourth-order valence-electron chi connectivity index (χ4n) is 4.78. The lowest BCUT2D eigenvalue weighted by Gasteiger charge is -2.26. The molecule has 204 valence electrons. The first-order valence-electron chi connectivity index (χ1n) is 13.4. The summed E-state index contributed by atoms with van der Waals surface area (Å²) in [5.41, 5.74) is 1.11. The van der Waals surface area contributed by atoms with Crippen LogP contribution < -0.4 is 9.47 Å². The van der Waals surface area contributed by atoms with Crippen LogP contribution in [0.2, 0.25) is 0 Å². The third-order valence-corrected chi connectivity index (χ3v) is 6.65. The molecule has 1 saturated heterocycles. The van der Waals surface area contributed by atoms with Gasteiger partial charge in [0.25, 0.3) is 11.7 Å². The third-order valence-electron chi connectivity index (χ3n) is 6.65. The summed E-state index contributed by atoms with van der Waals surface area (Å²) >= 11 is 0. The van der Waals surface area contributed by atoms with Gasteiger partial charge in [0.05, 0.1) is 24.5 Å². The van der Waals surface area contributed by atoms with Crippen LogP contribution in [0.4, 0.5) is 0 Å². The van der Waals surface area contributed by atoms with Crippen molar-refractivity contribution in [2.24, 2.45) is 0 Å². The molecule has 1 fully saturated rings. The van der Waals surface area contributed by atoms with Crippen molar-refractivity contribution in [3.63, 3.8) is 0 Å². The van der Waals surface area contributed by atoms with Crippen LogP contribution >= 0.6 is 0 Å². The number of aliphatic hydroxyl groups is 1. The average molecular weight is 538 g/mol. The molecule has 4 aromatic rings. The molecule has 1 aromatic heterocycles. The number of carbonyl (C=O) groups excluding carboxylic acids is 2. The van der Waals surface area contributed by atoms with E-state index in [2.05, 4.69) is 4.98 Å². The number of hydrogen-bond acceptors (Lipinski definition) is 6. The summed E-state index contributed by atoms with van der Waals surface area (Å²) in [5.74, 6) is 0.192.